The number of halogens is 1. The Bertz CT molecular complexity index is 1340. The number of ether oxygens (including phenoxy) is 1. The van der Waals surface area contributed by atoms with Crippen LogP contribution in [0.5, 0.6) is 0 Å². The van der Waals surface area contributed by atoms with E-state index >= 15 is 0 Å². The number of nitrogens with zero attached hydrogens (tertiary/aromatic N) is 2. The summed E-state index contributed by atoms with van der Waals surface area (Å²) in [5.74, 6) is -1.07. The minimum Gasteiger partial charge on any atom is -0.452 e. The van der Waals surface area contributed by atoms with Crippen molar-refractivity contribution in [1.82, 2.24) is 4.90 Å². The molecule has 0 aliphatic carbocycles. The Morgan fingerprint density at radius 1 is 1.00 bits per heavy atom. The van der Waals surface area contributed by atoms with Gasteiger partial charge >= 0.3 is 5.97 Å². The number of hydrogen-bond acceptors (Lipinski definition) is 5. The minimum absolute atomic E-state index is 0.0392. The van der Waals surface area contributed by atoms with E-state index in [0.29, 0.717) is 23.8 Å². The van der Waals surface area contributed by atoms with Crippen molar-refractivity contribution >= 4 is 39.2 Å². The molecule has 1 aliphatic rings. The highest BCUT2D eigenvalue weighted by Crippen LogP contribution is 2.25. The molecule has 0 saturated carbocycles. The second-order valence-corrected chi connectivity index (χ2v) is 10.3. The predicted octanol–water partition coefficient (Wildman–Crippen LogP) is 3.91. The maximum atomic E-state index is 13.1. The average molecular weight is 499 g/mol. The van der Waals surface area contributed by atoms with Crippen LogP contribution < -0.4 is 4.31 Å². The number of anilines is 1. The van der Waals surface area contributed by atoms with Gasteiger partial charge in [-0.05, 0) is 53.9 Å². The number of rotatable bonds is 6. The van der Waals surface area contributed by atoms with E-state index in [4.69, 9.17) is 16.3 Å². The number of sulfonamides is 1. The van der Waals surface area contributed by atoms with Crippen LogP contribution in [0.2, 0.25) is 5.02 Å². The fourth-order valence-corrected chi connectivity index (χ4v) is 5.18. The molecule has 4 rings (SSSR count). The first-order chi connectivity index (χ1) is 16.3. The van der Waals surface area contributed by atoms with E-state index in [1.165, 1.54) is 42.9 Å². The number of carbonyl (C=O) groups excluding carboxylic acids is 2. The molecule has 0 radical (unpaired) electrons. The molecule has 0 saturated heterocycles. The zero-order valence-electron chi connectivity index (χ0n) is 18.5. The molecule has 1 aliphatic heterocycles. The topological polar surface area (TPSA) is 84.0 Å². The Hall–Kier alpha value is -3.36. The monoisotopic (exact) mass is 498 g/mol. The largest absolute Gasteiger partial charge is 0.452 e. The molecular formula is C25H23ClN2O5S. The van der Waals surface area contributed by atoms with Gasteiger partial charge < -0.3 is 9.64 Å². The Morgan fingerprint density at radius 2 is 1.74 bits per heavy atom. The van der Waals surface area contributed by atoms with Crippen molar-refractivity contribution in [3.8, 4) is 0 Å². The van der Waals surface area contributed by atoms with Crippen LogP contribution in [0.4, 0.5) is 5.69 Å². The van der Waals surface area contributed by atoms with E-state index in [-0.39, 0.29) is 16.4 Å². The highest BCUT2D eigenvalue weighted by molar-refractivity contribution is 7.92. The van der Waals surface area contributed by atoms with E-state index in [1.807, 2.05) is 24.3 Å². The Balaban J connectivity index is 1.42. The molecule has 3 aromatic carbocycles. The molecular weight excluding hydrogens is 476 g/mol. The molecule has 34 heavy (non-hydrogen) atoms. The summed E-state index contributed by atoms with van der Waals surface area (Å²) >= 11 is 5.98. The fraction of sp³-hybridized carbons (Fsp3) is 0.200. The second-order valence-electron chi connectivity index (χ2n) is 7.89. The molecule has 1 amide bonds. The summed E-state index contributed by atoms with van der Waals surface area (Å²) in [6, 6.07) is 19.9. The lowest BCUT2D eigenvalue weighted by molar-refractivity contribution is -0.135. The zero-order valence-corrected chi connectivity index (χ0v) is 20.1. The van der Waals surface area contributed by atoms with Crippen LogP contribution in [0.25, 0.3) is 0 Å². The van der Waals surface area contributed by atoms with Crippen LogP contribution in [0, 0.1) is 0 Å². The Labute approximate surface area is 203 Å². The highest BCUT2D eigenvalue weighted by Gasteiger charge is 2.24. The number of carbonyl (C=O) groups is 2. The Morgan fingerprint density at radius 3 is 2.50 bits per heavy atom. The third-order valence-electron chi connectivity index (χ3n) is 5.71. The smallest absolute Gasteiger partial charge is 0.338 e. The van der Waals surface area contributed by atoms with Gasteiger partial charge in [0.05, 0.1) is 16.1 Å². The van der Waals surface area contributed by atoms with Crippen molar-refractivity contribution in [2.75, 3.05) is 24.5 Å². The van der Waals surface area contributed by atoms with Crippen LogP contribution >= 0.6 is 11.6 Å². The zero-order chi connectivity index (χ0) is 24.3. The van der Waals surface area contributed by atoms with Gasteiger partial charge in [-0.15, -0.1) is 0 Å². The molecule has 9 heteroatoms. The SMILES string of the molecule is CN(c1cccc(Cl)c1)S(=O)(=O)c1cccc(C(=O)OCC(=O)N2CCc3ccccc3C2)c1. The molecule has 0 spiro atoms. The maximum absolute atomic E-state index is 13.1. The first-order valence-electron chi connectivity index (χ1n) is 10.6. The third-order valence-corrected chi connectivity index (χ3v) is 7.73. The summed E-state index contributed by atoms with van der Waals surface area (Å²) in [6.45, 7) is 0.605. The van der Waals surface area contributed by atoms with E-state index in [9.17, 15) is 18.0 Å². The van der Waals surface area contributed by atoms with Crippen molar-refractivity contribution in [1.29, 1.82) is 0 Å². The average Bonchev–Trinajstić information content (AvgIpc) is 2.86. The van der Waals surface area contributed by atoms with Crippen LogP contribution in [0.15, 0.2) is 77.7 Å². The molecule has 7 nitrogen and oxygen atoms in total. The number of amides is 1. The van der Waals surface area contributed by atoms with Crippen molar-refractivity contribution in [3.63, 3.8) is 0 Å². The van der Waals surface area contributed by atoms with Crippen LogP contribution in [0.3, 0.4) is 0 Å². The lowest BCUT2D eigenvalue weighted by Gasteiger charge is -2.28. The van der Waals surface area contributed by atoms with Gasteiger partial charge in [0, 0.05) is 25.2 Å². The summed E-state index contributed by atoms with van der Waals surface area (Å²) in [5.41, 5.74) is 2.71. The molecule has 0 fully saturated rings. The lowest BCUT2D eigenvalue weighted by atomic mass is 10.00. The van der Waals surface area contributed by atoms with Gasteiger partial charge in [0.25, 0.3) is 15.9 Å². The van der Waals surface area contributed by atoms with E-state index in [2.05, 4.69) is 0 Å². The highest BCUT2D eigenvalue weighted by atomic mass is 35.5. The molecule has 0 atom stereocenters. The van der Waals surface area contributed by atoms with Crippen LogP contribution in [-0.2, 0) is 32.5 Å². The maximum Gasteiger partial charge on any atom is 0.338 e. The van der Waals surface area contributed by atoms with Crippen molar-refractivity contribution in [2.24, 2.45) is 0 Å². The van der Waals surface area contributed by atoms with E-state index in [0.717, 1.165) is 16.3 Å². The van der Waals surface area contributed by atoms with Crippen molar-refractivity contribution in [2.45, 2.75) is 17.9 Å². The summed E-state index contributed by atoms with van der Waals surface area (Å²) in [6.07, 6.45) is 0.746. The summed E-state index contributed by atoms with van der Waals surface area (Å²) in [7, 11) is -2.55. The first kappa shape index (κ1) is 23.8. The van der Waals surface area contributed by atoms with Crippen LogP contribution in [-0.4, -0.2) is 45.4 Å². The van der Waals surface area contributed by atoms with Gasteiger partial charge in [-0.1, -0.05) is 48.0 Å². The molecule has 0 unspecified atom stereocenters. The summed E-state index contributed by atoms with van der Waals surface area (Å²) < 4.78 is 32.4. The number of hydrogen-bond donors (Lipinski definition) is 0. The molecule has 0 N–H and O–H groups in total. The van der Waals surface area contributed by atoms with Gasteiger partial charge in [0.15, 0.2) is 6.61 Å². The van der Waals surface area contributed by atoms with Gasteiger partial charge in [-0.3, -0.25) is 9.10 Å². The molecule has 1 heterocycles. The van der Waals surface area contributed by atoms with Crippen molar-refractivity contribution in [3.05, 3.63) is 94.5 Å². The third kappa shape index (κ3) is 5.08. The lowest BCUT2D eigenvalue weighted by Crippen LogP contribution is -2.38. The fourth-order valence-electron chi connectivity index (χ4n) is 3.76. The van der Waals surface area contributed by atoms with E-state index in [1.54, 1.807) is 23.1 Å². The predicted molar refractivity (Wildman–Crippen MR) is 129 cm³/mol. The molecule has 3 aromatic rings. The second kappa shape index (κ2) is 9.87. The van der Waals surface area contributed by atoms with Gasteiger partial charge in [-0.2, -0.15) is 0 Å². The first-order valence-corrected chi connectivity index (χ1v) is 12.4. The number of benzene rings is 3. The normalized spacial score (nSPS) is 13.2. The summed E-state index contributed by atoms with van der Waals surface area (Å²) in [5, 5.41) is 0.402. The van der Waals surface area contributed by atoms with Crippen LogP contribution in [0.1, 0.15) is 21.5 Å². The molecule has 0 aromatic heterocycles. The van der Waals surface area contributed by atoms with Crippen molar-refractivity contribution < 1.29 is 22.7 Å². The minimum atomic E-state index is -3.95. The number of fused-ring (bicyclic) bond motifs is 1. The van der Waals surface area contributed by atoms with E-state index < -0.39 is 22.6 Å². The Kier molecular flexibility index (Phi) is 6.90. The standard InChI is InChI=1S/C25H23ClN2O5S/c1-27(22-10-5-9-21(26)15-22)34(31,32)23-11-4-8-19(14-23)25(30)33-17-24(29)28-13-12-18-6-2-3-7-20(18)16-28/h2-11,14-15H,12-13,16-17H2,1H3. The van der Waals surface area contributed by atoms with Gasteiger partial charge in [0.2, 0.25) is 0 Å². The van der Waals surface area contributed by atoms with Gasteiger partial charge in [-0.25, -0.2) is 13.2 Å². The molecule has 0 bridgehead atoms. The van der Waals surface area contributed by atoms with Gasteiger partial charge in [0.1, 0.15) is 0 Å². The number of esters is 1. The molecule has 176 valence electrons. The summed E-state index contributed by atoms with van der Waals surface area (Å²) in [4.78, 5) is 26.7. The quantitative estimate of drug-likeness (QED) is 0.481.